The van der Waals surface area contributed by atoms with Crippen LogP contribution in [-0.2, 0) is 4.74 Å². The quantitative estimate of drug-likeness (QED) is 0.732. The van der Waals surface area contributed by atoms with Crippen molar-refractivity contribution < 1.29 is 9.53 Å². The summed E-state index contributed by atoms with van der Waals surface area (Å²) in [5, 5.41) is 10.9. The van der Waals surface area contributed by atoms with Crippen molar-refractivity contribution >= 4 is 16.8 Å². The number of likely N-dealkylation sites (N-methyl/N-ethyl adjacent to an activating group) is 1. The zero-order valence-corrected chi connectivity index (χ0v) is 11.3. The maximum atomic E-state index is 12.2. The third-order valence-electron chi connectivity index (χ3n) is 3.95. The molecule has 1 aromatic heterocycles. The van der Waals surface area contributed by atoms with Crippen LogP contribution in [0.1, 0.15) is 10.5 Å². The molecule has 0 saturated carbocycles. The van der Waals surface area contributed by atoms with E-state index in [4.69, 9.17) is 4.74 Å². The van der Waals surface area contributed by atoms with Crippen LogP contribution in [0.3, 0.4) is 0 Å². The molecule has 20 heavy (non-hydrogen) atoms. The molecule has 2 aliphatic carbocycles. The van der Waals surface area contributed by atoms with Crippen molar-refractivity contribution in [1.29, 1.82) is 0 Å². The molecule has 6 nitrogen and oxygen atoms in total. The molecule has 1 aliphatic heterocycles. The molecule has 6 heteroatoms. The second-order valence-corrected chi connectivity index (χ2v) is 5.48. The molecule has 0 bridgehead atoms. The number of fused-ring (bicyclic) bond motifs is 3. The highest BCUT2D eigenvalue weighted by Crippen LogP contribution is 2.42. The van der Waals surface area contributed by atoms with Crippen LogP contribution in [0.4, 0.5) is 0 Å². The van der Waals surface area contributed by atoms with Gasteiger partial charge < -0.3 is 15.0 Å². The van der Waals surface area contributed by atoms with Crippen LogP contribution in [0.25, 0.3) is 22.0 Å². The number of nitrogens with zero attached hydrogens (tertiary/aromatic N) is 2. The van der Waals surface area contributed by atoms with E-state index in [-0.39, 0.29) is 12.0 Å². The number of morpholine rings is 1. The number of H-pyrrole nitrogens is 1. The number of aromatic nitrogens is 2. The van der Waals surface area contributed by atoms with Gasteiger partial charge in [0.2, 0.25) is 0 Å². The zero-order chi connectivity index (χ0) is 13.7. The Hall–Kier alpha value is -1.92. The van der Waals surface area contributed by atoms with Crippen molar-refractivity contribution in [2.75, 3.05) is 33.3 Å². The third kappa shape index (κ3) is 1.88. The molecule has 4 rings (SSSR count). The first-order valence-corrected chi connectivity index (χ1v) is 6.83. The molecule has 2 heterocycles. The zero-order valence-electron chi connectivity index (χ0n) is 11.3. The molecule has 0 radical (unpaired) electrons. The number of ether oxygens (including phenoxy) is 1. The highest BCUT2D eigenvalue weighted by atomic mass is 16.5. The number of benzene rings is 1. The first-order valence-electron chi connectivity index (χ1n) is 6.83. The average Bonchev–Trinajstić information content (AvgIpc) is 2.92. The van der Waals surface area contributed by atoms with Crippen LogP contribution in [-0.4, -0.2) is 60.4 Å². The number of nitrogens with one attached hydrogen (secondary N) is 2. The smallest absolute Gasteiger partial charge is 0.270 e. The lowest BCUT2D eigenvalue weighted by molar-refractivity contribution is -0.0175. The molecule has 1 atom stereocenters. The fourth-order valence-corrected chi connectivity index (χ4v) is 2.75. The van der Waals surface area contributed by atoms with Gasteiger partial charge in [0.1, 0.15) is 11.2 Å². The van der Waals surface area contributed by atoms with Gasteiger partial charge in [-0.3, -0.25) is 9.89 Å². The molecule has 2 N–H and O–H groups in total. The van der Waals surface area contributed by atoms with E-state index in [9.17, 15) is 4.79 Å². The Morgan fingerprint density at radius 1 is 1.60 bits per heavy atom. The fraction of sp³-hybridized carbons (Fsp3) is 0.429. The fourth-order valence-electron chi connectivity index (χ4n) is 2.75. The van der Waals surface area contributed by atoms with Gasteiger partial charge in [-0.15, -0.1) is 0 Å². The summed E-state index contributed by atoms with van der Waals surface area (Å²) in [6.45, 7) is 3.03. The summed E-state index contributed by atoms with van der Waals surface area (Å²) in [7, 11) is 2.06. The Bertz CT molecular complexity index is 694. The van der Waals surface area contributed by atoms with Gasteiger partial charge in [0, 0.05) is 30.6 Å². The van der Waals surface area contributed by atoms with E-state index in [1.165, 1.54) is 5.56 Å². The minimum Gasteiger partial charge on any atom is -0.374 e. The number of rotatable bonds is 3. The summed E-state index contributed by atoms with van der Waals surface area (Å²) in [5.41, 5.74) is 3.80. The maximum Gasteiger partial charge on any atom is 0.270 e. The Balaban J connectivity index is 1.43. The van der Waals surface area contributed by atoms with Crippen molar-refractivity contribution in [2.24, 2.45) is 0 Å². The minimum atomic E-state index is -0.116. The highest BCUT2D eigenvalue weighted by Gasteiger charge is 2.25. The molecule has 0 spiro atoms. The van der Waals surface area contributed by atoms with Gasteiger partial charge in [-0.1, -0.05) is 0 Å². The number of hydrogen-bond donors (Lipinski definition) is 2. The van der Waals surface area contributed by atoms with Crippen LogP contribution in [0, 0.1) is 0 Å². The van der Waals surface area contributed by atoms with Gasteiger partial charge in [-0.25, -0.2) is 0 Å². The Morgan fingerprint density at radius 2 is 2.50 bits per heavy atom. The predicted molar refractivity (Wildman–Crippen MR) is 74.7 cm³/mol. The van der Waals surface area contributed by atoms with Crippen molar-refractivity contribution in [3.05, 3.63) is 17.8 Å². The Morgan fingerprint density at radius 3 is 3.35 bits per heavy atom. The number of carbonyl (C=O) groups is 1. The largest absolute Gasteiger partial charge is 0.374 e. The SMILES string of the molecule is CN1CCOC(CNC(=O)c2[nH]nc3c4cc-4cc23)C1. The van der Waals surface area contributed by atoms with E-state index >= 15 is 0 Å². The first kappa shape index (κ1) is 11.9. The monoisotopic (exact) mass is 272 g/mol. The predicted octanol–water partition coefficient (Wildman–Crippen LogP) is 0.604. The van der Waals surface area contributed by atoms with E-state index < -0.39 is 0 Å². The molecular formula is C14H16N4O2. The molecule has 1 aromatic rings. The Labute approximate surface area is 116 Å². The molecule has 3 aliphatic rings. The third-order valence-corrected chi connectivity index (χ3v) is 3.95. The van der Waals surface area contributed by atoms with Crippen molar-refractivity contribution in [2.45, 2.75) is 6.10 Å². The van der Waals surface area contributed by atoms with Crippen LogP contribution in [0.5, 0.6) is 0 Å². The van der Waals surface area contributed by atoms with Crippen molar-refractivity contribution in [1.82, 2.24) is 20.4 Å². The van der Waals surface area contributed by atoms with Crippen molar-refractivity contribution in [3.63, 3.8) is 0 Å². The number of amides is 1. The van der Waals surface area contributed by atoms with E-state index in [1.54, 1.807) is 0 Å². The lowest BCUT2D eigenvalue weighted by Crippen LogP contribution is -2.46. The Kier molecular flexibility index (Phi) is 2.55. The summed E-state index contributed by atoms with van der Waals surface area (Å²) in [6.07, 6.45) is 0.0585. The average molecular weight is 272 g/mol. The van der Waals surface area contributed by atoms with Crippen LogP contribution < -0.4 is 5.32 Å². The maximum absolute atomic E-state index is 12.2. The number of aromatic amines is 1. The molecule has 104 valence electrons. The van der Waals surface area contributed by atoms with Gasteiger partial charge in [0.25, 0.3) is 5.91 Å². The number of carbonyl (C=O) groups excluding carboxylic acids is 1. The second kappa shape index (κ2) is 4.29. The lowest BCUT2D eigenvalue weighted by Gasteiger charge is -2.30. The van der Waals surface area contributed by atoms with Crippen molar-refractivity contribution in [3.8, 4) is 11.1 Å². The van der Waals surface area contributed by atoms with Crippen LogP contribution in [0.2, 0.25) is 0 Å². The molecule has 0 aromatic carbocycles. The standard InChI is InChI=1S/C14H16N4O2/c1-18-2-3-20-9(7-18)6-15-14(19)13-11-5-8-4-10(8)12(11)16-17-13/h4-5,9H,2-3,6-7H2,1H3,(H,15,19)(H,16,17). The molecular weight excluding hydrogens is 256 g/mol. The van der Waals surface area contributed by atoms with Gasteiger partial charge in [0.05, 0.1) is 12.7 Å². The first-order chi connectivity index (χ1) is 9.72. The lowest BCUT2D eigenvalue weighted by atomic mass is 10.2. The van der Waals surface area contributed by atoms with Crippen LogP contribution in [0.15, 0.2) is 12.1 Å². The molecule has 1 fully saturated rings. The van der Waals surface area contributed by atoms with E-state index in [2.05, 4.69) is 33.5 Å². The number of hydrogen-bond acceptors (Lipinski definition) is 4. The van der Waals surface area contributed by atoms with E-state index in [1.807, 2.05) is 6.07 Å². The highest BCUT2D eigenvalue weighted by molar-refractivity contribution is 6.14. The normalized spacial score (nSPS) is 21.1. The van der Waals surface area contributed by atoms with Gasteiger partial charge >= 0.3 is 0 Å². The van der Waals surface area contributed by atoms with Gasteiger partial charge in [0.15, 0.2) is 0 Å². The summed E-state index contributed by atoms with van der Waals surface area (Å²) < 4.78 is 5.63. The summed E-state index contributed by atoms with van der Waals surface area (Å²) in [4.78, 5) is 14.4. The summed E-state index contributed by atoms with van der Waals surface area (Å²) in [6, 6.07) is 4.07. The van der Waals surface area contributed by atoms with Gasteiger partial charge in [-0.05, 0) is 24.7 Å². The molecule has 1 unspecified atom stereocenters. The van der Waals surface area contributed by atoms with E-state index in [0.29, 0.717) is 12.2 Å². The topological polar surface area (TPSA) is 70.2 Å². The van der Waals surface area contributed by atoms with Crippen LogP contribution >= 0.6 is 0 Å². The summed E-state index contributed by atoms with van der Waals surface area (Å²) in [5.74, 6) is -0.116. The van der Waals surface area contributed by atoms with Gasteiger partial charge in [-0.2, -0.15) is 5.10 Å². The second-order valence-electron chi connectivity index (χ2n) is 5.48. The molecule has 1 saturated heterocycles. The molecule has 1 amide bonds. The van der Waals surface area contributed by atoms with E-state index in [0.717, 1.165) is 36.2 Å². The minimum absolute atomic E-state index is 0.0585. The summed E-state index contributed by atoms with van der Waals surface area (Å²) >= 11 is 0.